The van der Waals surface area contributed by atoms with E-state index in [0.717, 1.165) is 34.6 Å². The minimum absolute atomic E-state index is 0.0765. The number of hydrogen-bond acceptors (Lipinski definition) is 2. The molecule has 1 fully saturated rings. The zero-order chi connectivity index (χ0) is 17.9. The highest BCUT2D eigenvalue weighted by Crippen LogP contribution is 2.26. The third-order valence-corrected chi connectivity index (χ3v) is 5.28. The van der Waals surface area contributed by atoms with E-state index in [2.05, 4.69) is 21.3 Å². The third-order valence-electron chi connectivity index (χ3n) is 5.05. The van der Waals surface area contributed by atoms with Crippen molar-refractivity contribution in [2.75, 3.05) is 19.6 Å². The predicted octanol–water partition coefficient (Wildman–Crippen LogP) is 4.39. The molecule has 26 heavy (non-hydrogen) atoms. The van der Waals surface area contributed by atoms with E-state index < -0.39 is 0 Å². The first-order valence-corrected chi connectivity index (χ1v) is 9.44. The van der Waals surface area contributed by atoms with Gasteiger partial charge in [-0.1, -0.05) is 41.9 Å². The second-order valence-electron chi connectivity index (χ2n) is 6.79. The van der Waals surface area contributed by atoms with Gasteiger partial charge in [0.2, 0.25) is 0 Å². The molecule has 1 aliphatic rings. The van der Waals surface area contributed by atoms with Gasteiger partial charge in [0, 0.05) is 22.5 Å². The fourth-order valence-electron chi connectivity index (χ4n) is 3.71. The Morgan fingerprint density at radius 3 is 2.69 bits per heavy atom. The van der Waals surface area contributed by atoms with E-state index in [1.54, 1.807) is 0 Å². The number of nitrogens with one attached hydrogen (secondary N) is 2. The van der Waals surface area contributed by atoms with E-state index in [4.69, 9.17) is 11.6 Å². The highest BCUT2D eigenvalue weighted by molar-refractivity contribution is 6.30. The number of aromatic nitrogens is 1. The van der Waals surface area contributed by atoms with Crippen LogP contribution in [0, 0.1) is 0 Å². The fraction of sp³-hybridized carbons (Fsp3) is 0.286. The van der Waals surface area contributed by atoms with Crippen LogP contribution >= 0.6 is 11.6 Å². The molecule has 1 saturated heterocycles. The standard InChI is InChI=1S/C21H22ClN3O/c22-17-8-5-7-16(12-17)20(25-10-3-4-11-25)14-23-21(26)19-13-15-6-1-2-9-18(15)24-19/h1-2,5-9,12-13,20,24H,3-4,10-11,14H2,(H,23,26)/t20-/m1/s1. The number of halogens is 1. The van der Waals surface area contributed by atoms with Crippen LogP contribution < -0.4 is 5.32 Å². The van der Waals surface area contributed by atoms with Gasteiger partial charge in [-0.3, -0.25) is 9.69 Å². The molecule has 1 aliphatic heterocycles. The van der Waals surface area contributed by atoms with Crippen molar-refractivity contribution >= 4 is 28.4 Å². The Morgan fingerprint density at radius 1 is 1.12 bits per heavy atom. The van der Waals surface area contributed by atoms with Crippen LogP contribution in [-0.2, 0) is 0 Å². The molecule has 2 aromatic carbocycles. The average molecular weight is 368 g/mol. The molecule has 4 rings (SSSR count). The number of benzene rings is 2. The van der Waals surface area contributed by atoms with Gasteiger partial charge < -0.3 is 10.3 Å². The maximum absolute atomic E-state index is 12.6. The lowest BCUT2D eigenvalue weighted by Crippen LogP contribution is -2.36. The van der Waals surface area contributed by atoms with Gasteiger partial charge in [-0.05, 0) is 55.8 Å². The summed E-state index contributed by atoms with van der Waals surface area (Å²) in [6.07, 6.45) is 2.40. The van der Waals surface area contributed by atoms with E-state index in [1.807, 2.05) is 48.5 Å². The Hall–Kier alpha value is -2.30. The van der Waals surface area contributed by atoms with Gasteiger partial charge in [0.25, 0.3) is 5.91 Å². The molecule has 0 aliphatic carbocycles. The number of hydrogen-bond donors (Lipinski definition) is 2. The molecular weight excluding hydrogens is 346 g/mol. The number of nitrogens with zero attached hydrogens (tertiary/aromatic N) is 1. The second-order valence-corrected chi connectivity index (χ2v) is 7.23. The van der Waals surface area contributed by atoms with Crippen LogP contribution in [0.5, 0.6) is 0 Å². The molecule has 1 atom stereocenters. The van der Waals surface area contributed by atoms with Crippen molar-refractivity contribution in [1.82, 2.24) is 15.2 Å². The smallest absolute Gasteiger partial charge is 0.267 e. The van der Waals surface area contributed by atoms with Crippen LogP contribution in [0.3, 0.4) is 0 Å². The molecular formula is C21H22ClN3O. The van der Waals surface area contributed by atoms with Crippen molar-refractivity contribution in [3.05, 3.63) is 70.9 Å². The normalized spacial score (nSPS) is 16.0. The van der Waals surface area contributed by atoms with Gasteiger partial charge in [-0.15, -0.1) is 0 Å². The number of carbonyl (C=O) groups is 1. The van der Waals surface area contributed by atoms with Gasteiger partial charge in [0.05, 0.1) is 6.04 Å². The Bertz CT molecular complexity index is 881. The van der Waals surface area contributed by atoms with E-state index >= 15 is 0 Å². The SMILES string of the molecule is O=C(NC[C@H](c1cccc(Cl)c1)N1CCCC1)c1cc2ccccc2[nH]1. The lowest BCUT2D eigenvalue weighted by Gasteiger charge is -2.28. The van der Waals surface area contributed by atoms with Gasteiger partial charge in [-0.2, -0.15) is 0 Å². The van der Waals surface area contributed by atoms with Crippen LogP contribution in [0.2, 0.25) is 5.02 Å². The number of aromatic amines is 1. The quantitative estimate of drug-likeness (QED) is 0.702. The van der Waals surface area contributed by atoms with Crippen molar-refractivity contribution in [1.29, 1.82) is 0 Å². The number of para-hydroxylation sites is 1. The Morgan fingerprint density at radius 2 is 1.92 bits per heavy atom. The number of carbonyl (C=O) groups excluding carboxylic acids is 1. The summed E-state index contributed by atoms with van der Waals surface area (Å²) in [5.41, 5.74) is 2.72. The predicted molar refractivity (Wildman–Crippen MR) is 106 cm³/mol. The van der Waals surface area contributed by atoms with Crippen molar-refractivity contribution in [2.24, 2.45) is 0 Å². The van der Waals surface area contributed by atoms with Gasteiger partial charge in [0.15, 0.2) is 0 Å². The summed E-state index contributed by atoms with van der Waals surface area (Å²) < 4.78 is 0. The number of rotatable bonds is 5. The Balaban J connectivity index is 1.51. The second kappa shape index (κ2) is 7.52. The Labute approximate surface area is 158 Å². The first kappa shape index (κ1) is 17.1. The molecule has 0 radical (unpaired) electrons. The number of H-pyrrole nitrogens is 1. The van der Waals surface area contributed by atoms with Crippen molar-refractivity contribution in [3.63, 3.8) is 0 Å². The maximum atomic E-state index is 12.6. The largest absolute Gasteiger partial charge is 0.351 e. The monoisotopic (exact) mass is 367 g/mol. The van der Waals surface area contributed by atoms with Gasteiger partial charge >= 0.3 is 0 Å². The van der Waals surface area contributed by atoms with E-state index in [0.29, 0.717) is 12.2 Å². The highest BCUT2D eigenvalue weighted by Gasteiger charge is 2.24. The molecule has 1 amide bonds. The first-order chi connectivity index (χ1) is 12.7. The molecule has 0 bridgehead atoms. The summed E-state index contributed by atoms with van der Waals surface area (Å²) in [5, 5.41) is 4.88. The van der Waals surface area contributed by atoms with Crippen LogP contribution in [0.15, 0.2) is 54.6 Å². The van der Waals surface area contributed by atoms with Crippen LogP contribution in [0.1, 0.15) is 34.9 Å². The fourth-order valence-corrected chi connectivity index (χ4v) is 3.90. The van der Waals surface area contributed by atoms with E-state index in [1.165, 1.54) is 12.8 Å². The summed E-state index contributed by atoms with van der Waals surface area (Å²) in [7, 11) is 0. The van der Waals surface area contributed by atoms with Crippen LogP contribution in [-0.4, -0.2) is 35.4 Å². The minimum Gasteiger partial charge on any atom is -0.351 e. The summed E-state index contributed by atoms with van der Waals surface area (Å²) >= 11 is 6.19. The van der Waals surface area contributed by atoms with Gasteiger partial charge in [0.1, 0.15) is 5.69 Å². The number of fused-ring (bicyclic) bond motifs is 1. The van der Waals surface area contributed by atoms with Crippen molar-refractivity contribution in [2.45, 2.75) is 18.9 Å². The number of amides is 1. The molecule has 0 saturated carbocycles. The number of likely N-dealkylation sites (tertiary alicyclic amines) is 1. The minimum atomic E-state index is -0.0765. The first-order valence-electron chi connectivity index (χ1n) is 9.06. The highest BCUT2D eigenvalue weighted by atomic mass is 35.5. The van der Waals surface area contributed by atoms with Crippen molar-refractivity contribution in [3.8, 4) is 0 Å². The van der Waals surface area contributed by atoms with Gasteiger partial charge in [-0.25, -0.2) is 0 Å². The van der Waals surface area contributed by atoms with Crippen molar-refractivity contribution < 1.29 is 4.79 Å². The molecule has 2 heterocycles. The molecule has 1 aromatic heterocycles. The zero-order valence-electron chi connectivity index (χ0n) is 14.5. The molecule has 134 valence electrons. The Kier molecular flexibility index (Phi) is 4.96. The maximum Gasteiger partial charge on any atom is 0.267 e. The molecule has 4 nitrogen and oxygen atoms in total. The molecule has 5 heteroatoms. The topological polar surface area (TPSA) is 48.1 Å². The molecule has 0 spiro atoms. The summed E-state index contributed by atoms with van der Waals surface area (Å²) in [5.74, 6) is -0.0765. The zero-order valence-corrected chi connectivity index (χ0v) is 15.3. The summed E-state index contributed by atoms with van der Waals surface area (Å²) in [6.45, 7) is 2.67. The average Bonchev–Trinajstić information content (AvgIpc) is 3.31. The lowest BCUT2D eigenvalue weighted by atomic mass is 10.1. The summed E-state index contributed by atoms with van der Waals surface area (Å²) in [4.78, 5) is 18.3. The molecule has 2 N–H and O–H groups in total. The van der Waals surface area contributed by atoms with E-state index in [-0.39, 0.29) is 11.9 Å². The summed E-state index contributed by atoms with van der Waals surface area (Å²) in [6, 6.07) is 17.9. The van der Waals surface area contributed by atoms with Crippen LogP contribution in [0.4, 0.5) is 0 Å². The molecule has 3 aromatic rings. The van der Waals surface area contributed by atoms with Crippen LogP contribution in [0.25, 0.3) is 10.9 Å². The lowest BCUT2D eigenvalue weighted by molar-refractivity contribution is 0.0934. The molecule has 0 unspecified atom stereocenters. The third kappa shape index (κ3) is 3.62. The van der Waals surface area contributed by atoms with E-state index in [9.17, 15) is 4.79 Å².